The highest BCUT2D eigenvalue weighted by Crippen LogP contribution is 2.29. The molecule has 4 rings (SSSR count). The van der Waals surface area contributed by atoms with Crippen LogP contribution in [-0.4, -0.2) is 71.2 Å². The Morgan fingerprint density at radius 3 is 1.18 bits per heavy atom. The van der Waals surface area contributed by atoms with Crippen LogP contribution in [0.25, 0.3) is 0 Å². The second-order valence-corrected chi connectivity index (χ2v) is 10.9. The maximum absolute atomic E-state index is 9.10. The minimum atomic E-state index is -1.82. The van der Waals surface area contributed by atoms with Gasteiger partial charge in [-0.05, 0) is 75.1 Å². The Morgan fingerprint density at radius 1 is 0.625 bits per heavy atom. The van der Waals surface area contributed by atoms with Gasteiger partial charge in [0.25, 0.3) is 0 Å². The maximum atomic E-state index is 9.10. The third-order valence-electron chi connectivity index (χ3n) is 7.32. The Morgan fingerprint density at radius 2 is 0.925 bits per heavy atom. The monoisotopic (exact) mass is 594 g/mol. The smallest absolute Gasteiger partial charge is 0.414 e. The quantitative estimate of drug-likeness (QED) is 0.318. The molecule has 2 aromatic rings. The molecule has 2 fully saturated rings. The molecule has 2 aliphatic rings. The van der Waals surface area contributed by atoms with Gasteiger partial charge in [0.1, 0.15) is 0 Å². The van der Waals surface area contributed by atoms with E-state index >= 15 is 0 Å². The number of aliphatic carboxylic acids is 2. The van der Waals surface area contributed by atoms with E-state index in [2.05, 4.69) is 21.9 Å². The van der Waals surface area contributed by atoms with Crippen LogP contribution in [0.15, 0.2) is 48.5 Å². The minimum Gasteiger partial charge on any atom is -0.473 e. The Labute approximate surface area is 248 Å². The van der Waals surface area contributed by atoms with Gasteiger partial charge in [-0.15, -0.1) is 0 Å². The second kappa shape index (κ2) is 19.0. The molecule has 10 heteroatoms. The lowest BCUT2D eigenvalue weighted by Crippen LogP contribution is -2.34. The van der Waals surface area contributed by atoms with Crippen molar-refractivity contribution in [1.82, 2.24) is 9.80 Å². The summed E-state index contributed by atoms with van der Waals surface area (Å²) in [5, 5.41) is 16.5. The fourth-order valence-electron chi connectivity index (χ4n) is 5.25. The number of rotatable bonds is 6. The number of carboxylic acid groups (broad SMARTS) is 2. The lowest BCUT2D eigenvalue weighted by atomic mass is 10.0. The van der Waals surface area contributed by atoms with Crippen LogP contribution in [0.1, 0.15) is 74.6 Å². The summed E-state index contributed by atoms with van der Waals surface area (Å²) < 4.78 is 0. The average molecular weight is 596 g/mol. The van der Waals surface area contributed by atoms with Gasteiger partial charge in [0.05, 0.1) is 0 Å². The van der Waals surface area contributed by atoms with Crippen molar-refractivity contribution in [3.8, 4) is 0 Å². The van der Waals surface area contributed by atoms with E-state index in [9.17, 15) is 0 Å². The van der Waals surface area contributed by atoms with Crippen LogP contribution in [0.4, 0.5) is 0 Å². The van der Waals surface area contributed by atoms with Gasteiger partial charge < -0.3 is 21.7 Å². The van der Waals surface area contributed by atoms with E-state index in [1.807, 2.05) is 36.4 Å². The average Bonchev–Trinajstić information content (AvgIpc) is 3.39. The summed E-state index contributed by atoms with van der Waals surface area (Å²) in [5.41, 5.74) is 14.3. The Hall–Kier alpha value is -2.20. The fraction of sp³-hybridized carbons (Fsp3) is 0.533. The fourth-order valence-corrected chi connectivity index (χ4v) is 5.77. The first kappa shape index (κ1) is 34.0. The van der Waals surface area contributed by atoms with Crippen molar-refractivity contribution in [1.29, 1.82) is 0 Å². The van der Waals surface area contributed by atoms with Crippen LogP contribution in [0, 0.1) is 0 Å². The van der Waals surface area contributed by atoms with Gasteiger partial charge in [0.15, 0.2) is 0 Å². The summed E-state index contributed by atoms with van der Waals surface area (Å²) in [7, 11) is 0. The van der Waals surface area contributed by atoms with Gasteiger partial charge in [-0.2, -0.15) is 0 Å². The molecule has 8 nitrogen and oxygen atoms in total. The van der Waals surface area contributed by atoms with Crippen molar-refractivity contribution in [3.63, 3.8) is 0 Å². The summed E-state index contributed by atoms with van der Waals surface area (Å²) in [4.78, 5) is 23.2. The summed E-state index contributed by atoms with van der Waals surface area (Å²) >= 11 is 12.6. The molecule has 0 spiro atoms. The number of nitrogens with two attached hydrogens (primary N) is 2. The van der Waals surface area contributed by atoms with Crippen molar-refractivity contribution in [2.45, 2.75) is 63.5 Å². The van der Waals surface area contributed by atoms with E-state index in [0.29, 0.717) is 13.1 Å². The molecule has 6 N–H and O–H groups in total. The van der Waals surface area contributed by atoms with E-state index in [4.69, 9.17) is 54.5 Å². The highest BCUT2D eigenvalue weighted by Gasteiger charge is 2.22. The number of likely N-dealkylation sites (tertiary alicyclic amines) is 2. The normalized spacial score (nSPS) is 18.0. The number of halogens is 2. The standard InChI is InChI=1S/2C14H21ClN2.C2H2O4/c2*15-13-8-4-3-7-12(13)14(11-16)17-9-5-1-2-6-10-17;3-1(4)2(5)6/h2*3-4,7-8,14H,1-2,5-6,9-11,16H2;(H,3,4)(H,5,6). The second-order valence-electron chi connectivity index (χ2n) is 10.1. The number of hydrogen-bond donors (Lipinski definition) is 4. The van der Waals surface area contributed by atoms with Crippen molar-refractivity contribution in [3.05, 3.63) is 69.7 Å². The van der Waals surface area contributed by atoms with Crippen molar-refractivity contribution < 1.29 is 19.8 Å². The summed E-state index contributed by atoms with van der Waals surface area (Å²) in [6.07, 6.45) is 10.5. The number of hydrogen-bond acceptors (Lipinski definition) is 6. The lowest BCUT2D eigenvalue weighted by molar-refractivity contribution is -0.159. The highest BCUT2D eigenvalue weighted by atomic mass is 35.5. The first-order valence-electron chi connectivity index (χ1n) is 14.1. The molecule has 0 radical (unpaired) electrons. The SMILES string of the molecule is NCC(c1ccccc1Cl)N1CCCCCC1.NCC(c1ccccc1Cl)N1CCCCCC1.O=C(O)C(=O)O. The van der Waals surface area contributed by atoms with Gasteiger partial charge >= 0.3 is 11.9 Å². The van der Waals surface area contributed by atoms with E-state index in [0.717, 1.165) is 36.2 Å². The molecule has 0 aliphatic carbocycles. The van der Waals surface area contributed by atoms with E-state index in [-0.39, 0.29) is 12.1 Å². The van der Waals surface area contributed by atoms with Crippen LogP contribution < -0.4 is 11.5 Å². The molecule has 40 heavy (non-hydrogen) atoms. The summed E-state index contributed by atoms with van der Waals surface area (Å²) in [6.45, 7) is 5.87. The molecular formula is C30H44Cl2N4O4. The van der Waals surface area contributed by atoms with Gasteiger partial charge in [0, 0.05) is 35.2 Å². The van der Waals surface area contributed by atoms with Gasteiger partial charge in [-0.25, -0.2) is 9.59 Å². The van der Waals surface area contributed by atoms with Crippen molar-refractivity contribution in [2.24, 2.45) is 11.5 Å². The van der Waals surface area contributed by atoms with Crippen molar-refractivity contribution >= 4 is 35.1 Å². The molecule has 2 atom stereocenters. The number of carboxylic acids is 2. The van der Waals surface area contributed by atoms with Crippen LogP contribution >= 0.6 is 23.2 Å². The Kier molecular flexibility index (Phi) is 16.2. The van der Waals surface area contributed by atoms with Gasteiger partial charge in [0.2, 0.25) is 0 Å². The first-order valence-corrected chi connectivity index (χ1v) is 14.9. The largest absolute Gasteiger partial charge is 0.473 e. The van der Waals surface area contributed by atoms with E-state index in [1.165, 1.54) is 62.5 Å². The highest BCUT2D eigenvalue weighted by molar-refractivity contribution is 6.31. The molecule has 222 valence electrons. The van der Waals surface area contributed by atoms with Crippen LogP contribution in [0.5, 0.6) is 0 Å². The first-order chi connectivity index (χ1) is 19.3. The minimum absolute atomic E-state index is 0.279. The lowest BCUT2D eigenvalue weighted by Gasteiger charge is -2.30. The molecule has 0 amide bonds. The molecule has 2 saturated heterocycles. The Bertz CT molecular complexity index is 945. The molecule has 2 aliphatic heterocycles. The Balaban J connectivity index is 0.000000234. The molecule has 2 aromatic carbocycles. The molecule has 2 heterocycles. The third-order valence-corrected chi connectivity index (χ3v) is 8.01. The van der Waals surface area contributed by atoms with Gasteiger partial charge in [-0.3, -0.25) is 9.80 Å². The number of benzene rings is 2. The zero-order valence-corrected chi connectivity index (χ0v) is 24.7. The zero-order chi connectivity index (χ0) is 29.3. The van der Waals surface area contributed by atoms with Crippen molar-refractivity contribution in [2.75, 3.05) is 39.3 Å². The van der Waals surface area contributed by atoms with Gasteiger partial charge in [-0.1, -0.05) is 85.3 Å². The summed E-state index contributed by atoms with van der Waals surface area (Å²) in [5.74, 6) is -3.65. The molecule has 0 bridgehead atoms. The zero-order valence-electron chi connectivity index (χ0n) is 23.2. The van der Waals surface area contributed by atoms with E-state index < -0.39 is 11.9 Å². The molecule has 0 aromatic heterocycles. The summed E-state index contributed by atoms with van der Waals surface area (Å²) in [6, 6.07) is 16.7. The molecule has 2 unspecified atom stereocenters. The predicted molar refractivity (Wildman–Crippen MR) is 162 cm³/mol. The topological polar surface area (TPSA) is 133 Å². The number of nitrogens with zero attached hydrogens (tertiary/aromatic N) is 2. The van der Waals surface area contributed by atoms with Crippen LogP contribution in [0.2, 0.25) is 10.0 Å². The van der Waals surface area contributed by atoms with E-state index in [1.54, 1.807) is 0 Å². The number of carbonyl (C=O) groups is 2. The molecular weight excluding hydrogens is 551 g/mol. The van der Waals surface area contributed by atoms with Crippen LogP contribution in [-0.2, 0) is 9.59 Å². The predicted octanol–water partition coefficient (Wildman–Crippen LogP) is 5.59. The molecule has 0 saturated carbocycles. The third kappa shape index (κ3) is 11.4. The van der Waals surface area contributed by atoms with Crippen LogP contribution in [0.3, 0.4) is 0 Å². The maximum Gasteiger partial charge on any atom is 0.414 e.